The molecule has 1 rings (SSSR count). The van der Waals surface area contributed by atoms with Crippen LogP contribution >= 0.6 is 0 Å². The highest BCUT2D eigenvalue weighted by molar-refractivity contribution is 5.68. The van der Waals surface area contributed by atoms with E-state index in [1.165, 1.54) is 7.11 Å². The predicted octanol–water partition coefficient (Wildman–Crippen LogP) is 1.78. The summed E-state index contributed by atoms with van der Waals surface area (Å²) in [6.07, 6.45) is 3.09. The number of methoxy groups -OCH3 is 1. The quantitative estimate of drug-likeness (QED) is 0.493. The minimum atomic E-state index is -0.705. The molecule has 0 amide bonds. The summed E-state index contributed by atoms with van der Waals surface area (Å²) in [5.41, 5.74) is 0. The summed E-state index contributed by atoms with van der Waals surface area (Å²) in [4.78, 5) is 12.9. The van der Waals surface area contributed by atoms with Crippen LogP contribution in [0.3, 0.4) is 0 Å². The number of alkyl halides is 1. The molecule has 0 aromatic carbocycles. The number of rotatable bonds is 8. The van der Waals surface area contributed by atoms with Crippen LogP contribution in [-0.2, 0) is 14.3 Å². The van der Waals surface area contributed by atoms with Crippen molar-refractivity contribution < 1.29 is 18.7 Å². The minimum Gasteiger partial charge on any atom is -0.469 e. The van der Waals surface area contributed by atoms with E-state index in [0.717, 1.165) is 19.3 Å². The van der Waals surface area contributed by atoms with E-state index in [2.05, 4.69) is 4.74 Å². The molecule has 0 saturated carbocycles. The number of halogens is 1. The molecule has 2 atom stereocenters. The van der Waals surface area contributed by atoms with Crippen molar-refractivity contribution >= 4 is 5.97 Å². The van der Waals surface area contributed by atoms with Crippen molar-refractivity contribution in [3.05, 3.63) is 0 Å². The maximum Gasteiger partial charge on any atom is 0.305 e. The van der Waals surface area contributed by atoms with Gasteiger partial charge in [-0.25, -0.2) is 4.39 Å². The number of hydrogen-bond donors (Lipinski definition) is 0. The molecule has 106 valence electrons. The Labute approximate surface area is 108 Å². The average molecular weight is 261 g/mol. The van der Waals surface area contributed by atoms with Crippen molar-refractivity contribution in [1.29, 1.82) is 0 Å². The van der Waals surface area contributed by atoms with Gasteiger partial charge in [0, 0.05) is 25.6 Å². The fourth-order valence-corrected chi connectivity index (χ4v) is 2.18. The molecule has 0 aromatic heterocycles. The van der Waals surface area contributed by atoms with Gasteiger partial charge in [0.15, 0.2) is 0 Å². The lowest BCUT2D eigenvalue weighted by Crippen LogP contribution is -2.29. The Hall–Kier alpha value is -0.680. The Balaban J connectivity index is 1.91. The molecule has 0 N–H and O–H groups in total. The van der Waals surface area contributed by atoms with Gasteiger partial charge in [0.25, 0.3) is 0 Å². The zero-order valence-corrected chi connectivity index (χ0v) is 11.4. The summed E-state index contributed by atoms with van der Waals surface area (Å²) < 4.78 is 23.2. The number of carbonyl (C=O) groups excluding carboxylic acids is 1. The zero-order valence-electron chi connectivity index (χ0n) is 11.4. The maximum atomic E-state index is 13.1. The lowest BCUT2D eigenvalue weighted by molar-refractivity contribution is -0.140. The first-order chi connectivity index (χ1) is 8.63. The van der Waals surface area contributed by atoms with E-state index in [1.807, 2.05) is 11.9 Å². The number of ether oxygens (including phenoxy) is 2. The molecule has 1 saturated heterocycles. The Morgan fingerprint density at radius 2 is 2.17 bits per heavy atom. The molecule has 4 nitrogen and oxygen atoms in total. The van der Waals surface area contributed by atoms with Gasteiger partial charge in [-0.3, -0.25) is 9.69 Å². The van der Waals surface area contributed by atoms with Crippen LogP contribution in [0.1, 0.15) is 32.1 Å². The van der Waals surface area contributed by atoms with Crippen LogP contribution in [0.15, 0.2) is 0 Å². The van der Waals surface area contributed by atoms with Crippen LogP contribution in [0.5, 0.6) is 0 Å². The summed E-state index contributed by atoms with van der Waals surface area (Å²) >= 11 is 0. The first kappa shape index (κ1) is 15.4. The monoisotopic (exact) mass is 261 g/mol. The topological polar surface area (TPSA) is 38.8 Å². The fraction of sp³-hybridized carbons (Fsp3) is 0.923. The Morgan fingerprint density at radius 3 is 2.78 bits per heavy atom. The van der Waals surface area contributed by atoms with Gasteiger partial charge < -0.3 is 9.47 Å². The maximum absolute atomic E-state index is 13.1. The van der Waals surface area contributed by atoms with Gasteiger partial charge in [-0.1, -0.05) is 6.42 Å². The highest BCUT2D eigenvalue weighted by Gasteiger charge is 2.28. The first-order valence-corrected chi connectivity index (χ1v) is 6.62. The molecule has 1 aliphatic rings. The van der Waals surface area contributed by atoms with Crippen LogP contribution in [0.4, 0.5) is 4.39 Å². The fourth-order valence-electron chi connectivity index (χ4n) is 2.18. The van der Waals surface area contributed by atoms with Crippen molar-refractivity contribution in [2.24, 2.45) is 0 Å². The van der Waals surface area contributed by atoms with E-state index in [0.29, 0.717) is 32.6 Å². The third-order valence-electron chi connectivity index (χ3n) is 3.34. The number of likely N-dealkylation sites (N-methyl/N-ethyl adjacent to an activating group) is 1. The van der Waals surface area contributed by atoms with Gasteiger partial charge in [-0.05, 0) is 26.3 Å². The minimum absolute atomic E-state index is 0.155. The molecular weight excluding hydrogens is 237 g/mol. The number of hydrogen-bond acceptors (Lipinski definition) is 4. The molecule has 1 aliphatic heterocycles. The van der Waals surface area contributed by atoms with Crippen LogP contribution in [0, 0.1) is 0 Å². The van der Waals surface area contributed by atoms with Gasteiger partial charge in [0.2, 0.25) is 0 Å². The van der Waals surface area contributed by atoms with E-state index in [1.54, 1.807) is 0 Å². The summed E-state index contributed by atoms with van der Waals surface area (Å²) in [7, 11) is 3.34. The third kappa shape index (κ3) is 5.78. The number of likely N-dealkylation sites (tertiary alicyclic amines) is 1. The summed E-state index contributed by atoms with van der Waals surface area (Å²) in [5.74, 6) is -0.155. The highest BCUT2D eigenvalue weighted by atomic mass is 19.1. The third-order valence-corrected chi connectivity index (χ3v) is 3.34. The summed E-state index contributed by atoms with van der Waals surface area (Å²) in [5, 5.41) is 0. The molecule has 0 spiro atoms. The standard InChI is InChI=1S/C13H24FNO3/c1-15-9-11(14)8-12(15)10-18-7-5-3-4-6-13(16)17-2/h11-12H,3-10H2,1-2H3/t11-,12-/m0/s1. The molecule has 0 aliphatic carbocycles. The Morgan fingerprint density at radius 1 is 1.39 bits per heavy atom. The second-order valence-corrected chi connectivity index (χ2v) is 4.89. The van der Waals surface area contributed by atoms with E-state index >= 15 is 0 Å². The molecule has 0 unspecified atom stereocenters. The van der Waals surface area contributed by atoms with E-state index in [4.69, 9.17) is 4.74 Å². The second-order valence-electron chi connectivity index (χ2n) is 4.89. The van der Waals surface area contributed by atoms with Crippen LogP contribution in [0.2, 0.25) is 0 Å². The van der Waals surface area contributed by atoms with Crippen LogP contribution in [0.25, 0.3) is 0 Å². The van der Waals surface area contributed by atoms with Gasteiger partial charge in [0.1, 0.15) is 6.17 Å². The number of nitrogens with zero attached hydrogens (tertiary/aromatic N) is 1. The highest BCUT2D eigenvalue weighted by Crippen LogP contribution is 2.18. The van der Waals surface area contributed by atoms with Gasteiger partial charge in [0.05, 0.1) is 13.7 Å². The van der Waals surface area contributed by atoms with Crippen molar-refractivity contribution in [2.45, 2.75) is 44.3 Å². The van der Waals surface area contributed by atoms with E-state index < -0.39 is 6.17 Å². The molecule has 1 fully saturated rings. The Bertz CT molecular complexity index is 250. The lowest BCUT2D eigenvalue weighted by atomic mass is 10.2. The molecule has 18 heavy (non-hydrogen) atoms. The van der Waals surface area contributed by atoms with E-state index in [9.17, 15) is 9.18 Å². The van der Waals surface area contributed by atoms with Gasteiger partial charge in [-0.2, -0.15) is 0 Å². The number of carbonyl (C=O) groups is 1. The van der Waals surface area contributed by atoms with Gasteiger partial charge >= 0.3 is 5.97 Å². The summed E-state index contributed by atoms with van der Waals surface area (Å²) in [6.45, 7) is 1.81. The second kappa shape index (κ2) is 8.43. The van der Waals surface area contributed by atoms with Crippen molar-refractivity contribution in [1.82, 2.24) is 4.90 Å². The molecular formula is C13H24FNO3. The molecule has 5 heteroatoms. The van der Waals surface area contributed by atoms with Crippen LogP contribution in [-0.4, -0.2) is 57.0 Å². The number of esters is 1. The lowest BCUT2D eigenvalue weighted by Gasteiger charge is -2.18. The Kier molecular flexibility index (Phi) is 7.20. The van der Waals surface area contributed by atoms with Crippen molar-refractivity contribution in [2.75, 3.05) is 33.9 Å². The molecule has 0 aromatic rings. The molecule has 0 radical (unpaired) electrons. The SMILES string of the molecule is COC(=O)CCCCCOC[C@@H]1C[C@H](F)CN1C. The smallest absolute Gasteiger partial charge is 0.305 e. The van der Waals surface area contributed by atoms with E-state index in [-0.39, 0.29) is 12.0 Å². The van der Waals surface area contributed by atoms with Crippen molar-refractivity contribution in [3.63, 3.8) is 0 Å². The normalized spacial score (nSPS) is 24.4. The largest absolute Gasteiger partial charge is 0.469 e. The number of unbranched alkanes of at least 4 members (excludes halogenated alkanes) is 2. The summed E-state index contributed by atoms with van der Waals surface area (Å²) in [6, 6.07) is 0.218. The average Bonchev–Trinajstić information content (AvgIpc) is 2.66. The first-order valence-electron chi connectivity index (χ1n) is 6.62. The van der Waals surface area contributed by atoms with Crippen molar-refractivity contribution in [3.8, 4) is 0 Å². The molecule has 1 heterocycles. The van der Waals surface area contributed by atoms with Crippen LogP contribution < -0.4 is 0 Å². The zero-order chi connectivity index (χ0) is 13.4. The van der Waals surface area contributed by atoms with Gasteiger partial charge in [-0.15, -0.1) is 0 Å². The molecule has 0 bridgehead atoms. The predicted molar refractivity (Wildman–Crippen MR) is 67.2 cm³/mol.